The molecule has 0 atom stereocenters. The summed E-state index contributed by atoms with van der Waals surface area (Å²) < 4.78 is 1.75. The molecule has 1 N–H and O–H groups in total. The summed E-state index contributed by atoms with van der Waals surface area (Å²) in [6.07, 6.45) is 4.92. The Morgan fingerprint density at radius 3 is 2.79 bits per heavy atom. The van der Waals surface area contributed by atoms with E-state index in [4.69, 9.17) is 0 Å². The summed E-state index contributed by atoms with van der Waals surface area (Å²) in [6.45, 7) is 4.05. The van der Waals surface area contributed by atoms with Crippen molar-refractivity contribution in [3.63, 3.8) is 0 Å². The summed E-state index contributed by atoms with van der Waals surface area (Å²) in [6, 6.07) is 6.02. The quantitative estimate of drug-likeness (QED) is 0.915. The third-order valence-corrected chi connectivity index (χ3v) is 3.06. The molecular formula is C15H19N3O. The summed E-state index contributed by atoms with van der Waals surface area (Å²) in [5.74, 6) is 0.0378. The Morgan fingerprint density at radius 2 is 2.16 bits per heavy atom. The first kappa shape index (κ1) is 13.3. The molecule has 0 saturated carbocycles. The molecule has 0 bridgehead atoms. The normalized spacial score (nSPS) is 10.5. The molecule has 0 unspecified atom stereocenters. The van der Waals surface area contributed by atoms with Crippen molar-refractivity contribution in [1.29, 1.82) is 0 Å². The summed E-state index contributed by atoms with van der Waals surface area (Å²) in [5.41, 5.74) is 4.26. The van der Waals surface area contributed by atoms with E-state index in [0.717, 1.165) is 16.8 Å². The number of anilines is 1. The van der Waals surface area contributed by atoms with Crippen LogP contribution in [0.3, 0.4) is 0 Å². The standard InChI is InChI=1S/C15H19N3O/c1-11-4-6-14(12(2)8-11)17-15(19)7-5-13-9-16-18(3)10-13/h4,6,8-10H,5,7H2,1-3H3,(H,17,19). The molecule has 1 aromatic carbocycles. The fourth-order valence-corrected chi connectivity index (χ4v) is 2.03. The zero-order valence-corrected chi connectivity index (χ0v) is 11.6. The van der Waals surface area contributed by atoms with Crippen molar-refractivity contribution < 1.29 is 4.79 Å². The summed E-state index contributed by atoms with van der Waals surface area (Å²) in [5, 5.41) is 7.04. The number of aromatic nitrogens is 2. The lowest BCUT2D eigenvalue weighted by molar-refractivity contribution is -0.116. The smallest absolute Gasteiger partial charge is 0.224 e. The van der Waals surface area contributed by atoms with Gasteiger partial charge in [0.1, 0.15) is 0 Å². The molecule has 0 aliphatic carbocycles. The fourth-order valence-electron chi connectivity index (χ4n) is 2.03. The summed E-state index contributed by atoms with van der Waals surface area (Å²) in [4.78, 5) is 11.9. The Balaban J connectivity index is 1.90. The number of hydrogen-bond acceptors (Lipinski definition) is 2. The predicted molar refractivity (Wildman–Crippen MR) is 76.1 cm³/mol. The van der Waals surface area contributed by atoms with Crippen molar-refractivity contribution in [3.05, 3.63) is 47.3 Å². The zero-order valence-electron chi connectivity index (χ0n) is 11.6. The molecule has 0 radical (unpaired) electrons. The highest BCUT2D eigenvalue weighted by molar-refractivity contribution is 5.91. The first-order valence-electron chi connectivity index (χ1n) is 6.39. The van der Waals surface area contributed by atoms with Gasteiger partial charge in [-0.15, -0.1) is 0 Å². The van der Waals surface area contributed by atoms with Gasteiger partial charge in [0.05, 0.1) is 6.20 Å². The molecule has 1 heterocycles. The van der Waals surface area contributed by atoms with Crippen molar-refractivity contribution >= 4 is 11.6 Å². The second kappa shape index (κ2) is 5.69. The summed E-state index contributed by atoms with van der Waals surface area (Å²) in [7, 11) is 1.87. The van der Waals surface area contributed by atoms with Gasteiger partial charge in [-0.05, 0) is 37.5 Å². The second-order valence-corrected chi connectivity index (χ2v) is 4.89. The van der Waals surface area contributed by atoms with Crippen LogP contribution in [0.2, 0.25) is 0 Å². The van der Waals surface area contributed by atoms with Gasteiger partial charge in [0.25, 0.3) is 0 Å². The van der Waals surface area contributed by atoms with Gasteiger partial charge < -0.3 is 5.32 Å². The van der Waals surface area contributed by atoms with Crippen molar-refractivity contribution in [2.75, 3.05) is 5.32 Å². The molecule has 0 aliphatic heterocycles. The average Bonchev–Trinajstić information content (AvgIpc) is 2.76. The minimum atomic E-state index is 0.0378. The molecule has 100 valence electrons. The number of nitrogens with zero attached hydrogens (tertiary/aromatic N) is 2. The van der Waals surface area contributed by atoms with Crippen molar-refractivity contribution in [1.82, 2.24) is 9.78 Å². The lowest BCUT2D eigenvalue weighted by atomic mass is 10.1. The molecule has 2 aromatic rings. The zero-order chi connectivity index (χ0) is 13.8. The maximum absolute atomic E-state index is 11.9. The number of aryl methyl sites for hydroxylation is 4. The number of nitrogens with one attached hydrogen (secondary N) is 1. The Hall–Kier alpha value is -2.10. The number of benzene rings is 1. The van der Waals surface area contributed by atoms with E-state index >= 15 is 0 Å². The van der Waals surface area contributed by atoms with Crippen molar-refractivity contribution in [2.24, 2.45) is 7.05 Å². The van der Waals surface area contributed by atoms with Crippen LogP contribution in [0.1, 0.15) is 23.1 Å². The van der Waals surface area contributed by atoms with E-state index in [0.29, 0.717) is 12.8 Å². The Kier molecular flexibility index (Phi) is 4.00. The molecule has 2 rings (SSSR count). The third-order valence-electron chi connectivity index (χ3n) is 3.06. The van der Waals surface area contributed by atoms with Gasteiger partial charge in [-0.1, -0.05) is 17.7 Å². The number of carbonyl (C=O) groups excluding carboxylic acids is 1. The van der Waals surface area contributed by atoms with Gasteiger partial charge >= 0.3 is 0 Å². The van der Waals surface area contributed by atoms with Gasteiger partial charge in [0.2, 0.25) is 5.91 Å². The van der Waals surface area contributed by atoms with Crippen molar-refractivity contribution in [3.8, 4) is 0 Å². The van der Waals surface area contributed by atoms with Crippen LogP contribution in [-0.2, 0) is 18.3 Å². The molecule has 1 amide bonds. The maximum Gasteiger partial charge on any atom is 0.224 e. The number of rotatable bonds is 4. The average molecular weight is 257 g/mol. The highest BCUT2D eigenvalue weighted by atomic mass is 16.1. The van der Waals surface area contributed by atoms with Crippen LogP contribution in [0.4, 0.5) is 5.69 Å². The van der Waals surface area contributed by atoms with Gasteiger partial charge in [-0.2, -0.15) is 5.10 Å². The minimum absolute atomic E-state index is 0.0378. The first-order valence-corrected chi connectivity index (χ1v) is 6.39. The van der Waals surface area contributed by atoms with Crippen LogP contribution in [-0.4, -0.2) is 15.7 Å². The third kappa shape index (κ3) is 3.68. The Morgan fingerprint density at radius 1 is 1.37 bits per heavy atom. The van der Waals surface area contributed by atoms with Crippen LogP contribution >= 0.6 is 0 Å². The fraction of sp³-hybridized carbons (Fsp3) is 0.333. The van der Waals surface area contributed by atoms with E-state index in [1.165, 1.54) is 5.56 Å². The minimum Gasteiger partial charge on any atom is -0.326 e. The second-order valence-electron chi connectivity index (χ2n) is 4.89. The van der Waals surface area contributed by atoms with E-state index in [1.807, 2.05) is 39.2 Å². The van der Waals surface area contributed by atoms with E-state index in [1.54, 1.807) is 10.9 Å². The van der Waals surface area contributed by atoms with E-state index < -0.39 is 0 Å². The lowest BCUT2D eigenvalue weighted by Crippen LogP contribution is -2.13. The molecule has 1 aromatic heterocycles. The number of hydrogen-bond donors (Lipinski definition) is 1. The molecule has 0 spiro atoms. The largest absolute Gasteiger partial charge is 0.326 e. The lowest BCUT2D eigenvalue weighted by Gasteiger charge is -2.08. The first-order chi connectivity index (χ1) is 9.04. The van der Waals surface area contributed by atoms with Crippen LogP contribution < -0.4 is 5.32 Å². The molecule has 0 fully saturated rings. The Labute approximate surface area is 113 Å². The molecule has 0 saturated heterocycles. The SMILES string of the molecule is Cc1ccc(NC(=O)CCc2cnn(C)c2)c(C)c1. The maximum atomic E-state index is 11.9. The van der Waals surface area contributed by atoms with Gasteiger partial charge in [-0.3, -0.25) is 9.48 Å². The van der Waals surface area contributed by atoms with E-state index in [2.05, 4.69) is 16.5 Å². The van der Waals surface area contributed by atoms with Crippen LogP contribution in [0.5, 0.6) is 0 Å². The Bertz CT molecular complexity index is 587. The van der Waals surface area contributed by atoms with Gasteiger partial charge in [0.15, 0.2) is 0 Å². The van der Waals surface area contributed by atoms with Crippen LogP contribution in [0.25, 0.3) is 0 Å². The van der Waals surface area contributed by atoms with Crippen LogP contribution in [0.15, 0.2) is 30.6 Å². The molecule has 4 nitrogen and oxygen atoms in total. The monoisotopic (exact) mass is 257 g/mol. The topological polar surface area (TPSA) is 46.9 Å². The molecule has 19 heavy (non-hydrogen) atoms. The molecule has 0 aliphatic rings. The number of carbonyl (C=O) groups is 1. The predicted octanol–water partition coefficient (Wildman–Crippen LogP) is 2.61. The van der Waals surface area contributed by atoms with Crippen molar-refractivity contribution in [2.45, 2.75) is 26.7 Å². The highest BCUT2D eigenvalue weighted by Gasteiger charge is 2.06. The van der Waals surface area contributed by atoms with Crippen LogP contribution in [0, 0.1) is 13.8 Å². The van der Waals surface area contributed by atoms with E-state index in [-0.39, 0.29) is 5.91 Å². The summed E-state index contributed by atoms with van der Waals surface area (Å²) >= 11 is 0. The molecular weight excluding hydrogens is 238 g/mol. The number of amides is 1. The van der Waals surface area contributed by atoms with Gasteiger partial charge in [0, 0.05) is 25.4 Å². The van der Waals surface area contributed by atoms with Gasteiger partial charge in [-0.25, -0.2) is 0 Å². The molecule has 4 heteroatoms. The highest BCUT2D eigenvalue weighted by Crippen LogP contribution is 2.16. The van der Waals surface area contributed by atoms with E-state index in [9.17, 15) is 4.79 Å².